The highest BCUT2D eigenvalue weighted by molar-refractivity contribution is 6.21. The molecule has 0 saturated carbocycles. The Balaban J connectivity index is 1.16. The van der Waals surface area contributed by atoms with E-state index in [0.717, 1.165) is 33.4 Å². The standard InChI is InChI=1S/C44H28N2/c1-2-11-32-26-34(25-20-29(32)10-1)44-38-15-6-4-13-36(38)43(37-14-5-7-16-39(37)44)31-23-21-30(22-24-31)41-18-9-19-42(46-41)35-27-33-12-3-8-17-40(33)45-28-35/h1-28H. The molecule has 0 radical (unpaired) electrons. The first-order valence-corrected chi connectivity index (χ1v) is 15.7. The van der Waals surface area contributed by atoms with Gasteiger partial charge in [-0.05, 0) is 84.9 Å². The number of nitrogens with zero attached hydrogens (tertiary/aromatic N) is 2. The highest BCUT2D eigenvalue weighted by Crippen LogP contribution is 2.44. The third-order valence-electron chi connectivity index (χ3n) is 9.07. The Morgan fingerprint density at radius 3 is 1.52 bits per heavy atom. The third-order valence-corrected chi connectivity index (χ3v) is 9.07. The van der Waals surface area contributed by atoms with Gasteiger partial charge in [-0.25, -0.2) is 4.98 Å². The summed E-state index contributed by atoms with van der Waals surface area (Å²) in [6.45, 7) is 0. The van der Waals surface area contributed by atoms with Crippen LogP contribution in [0.25, 0.3) is 88.0 Å². The van der Waals surface area contributed by atoms with Crippen LogP contribution in [0.3, 0.4) is 0 Å². The number of benzene rings is 7. The van der Waals surface area contributed by atoms with Crippen molar-refractivity contribution in [2.75, 3.05) is 0 Å². The second kappa shape index (κ2) is 10.8. The topological polar surface area (TPSA) is 25.8 Å². The first-order valence-electron chi connectivity index (χ1n) is 15.7. The van der Waals surface area contributed by atoms with Crippen molar-refractivity contribution in [3.63, 3.8) is 0 Å². The summed E-state index contributed by atoms with van der Waals surface area (Å²) in [6, 6.07) is 58.5. The second-order valence-electron chi connectivity index (χ2n) is 11.8. The molecule has 0 bridgehead atoms. The molecule has 0 N–H and O–H groups in total. The quantitative estimate of drug-likeness (QED) is 0.192. The largest absolute Gasteiger partial charge is 0.256 e. The van der Waals surface area contributed by atoms with Crippen LogP contribution in [0.1, 0.15) is 0 Å². The predicted molar refractivity (Wildman–Crippen MR) is 194 cm³/mol. The van der Waals surface area contributed by atoms with Crippen LogP contribution in [-0.4, -0.2) is 9.97 Å². The molecule has 214 valence electrons. The van der Waals surface area contributed by atoms with Crippen LogP contribution in [-0.2, 0) is 0 Å². The lowest BCUT2D eigenvalue weighted by Gasteiger charge is -2.18. The minimum atomic E-state index is 0.918. The van der Waals surface area contributed by atoms with Crippen LogP contribution < -0.4 is 0 Å². The normalized spacial score (nSPS) is 11.5. The van der Waals surface area contributed by atoms with Gasteiger partial charge >= 0.3 is 0 Å². The molecule has 46 heavy (non-hydrogen) atoms. The molecule has 0 unspecified atom stereocenters. The van der Waals surface area contributed by atoms with Gasteiger partial charge in [0, 0.05) is 22.7 Å². The first kappa shape index (κ1) is 26.3. The van der Waals surface area contributed by atoms with E-state index in [2.05, 4.69) is 151 Å². The molecule has 0 amide bonds. The molecule has 2 aromatic heterocycles. The molecule has 0 atom stereocenters. The number of hydrogen-bond acceptors (Lipinski definition) is 2. The van der Waals surface area contributed by atoms with Crippen molar-refractivity contribution in [3.05, 3.63) is 170 Å². The third kappa shape index (κ3) is 4.43. The highest BCUT2D eigenvalue weighted by atomic mass is 14.7. The van der Waals surface area contributed by atoms with Crippen molar-refractivity contribution in [1.29, 1.82) is 0 Å². The van der Waals surface area contributed by atoms with Crippen LogP contribution in [0.4, 0.5) is 0 Å². The van der Waals surface area contributed by atoms with Gasteiger partial charge in [-0.3, -0.25) is 4.98 Å². The van der Waals surface area contributed by atoms with E-state index >= 15 is 0 Å². The fourth-order valence-electron chi connectivity index (χ4n) is 6.87. The Morgan fingerprint density at radius 2 is 0.826 bits per heavy atom. The maximum atomic E-state index is 5.05. The molecule has 0 saturated heterocycles. The Kier molecular flexibility index (Phi) is 6.17. The van der Waals surface area contributed by atoms with Crippen molar-refractivity contribution in [3.8, 4) is 44.8 Å². The van der Waals surface area contributed by atoms with E-state index in [0.29, 0.717) is 0 Å². The van der Waals surface area contributed by atoms with Crippen molar-refractivity contribution >= 4 is 43.2 Å². The number of fused-ring (bicyclic) bond motifs is 4. The van der Waals surface area contributed by atoms with Crippen LogP contribution in [0.2, 0.25) is 0 Å². The average molecular weight is 585 g/mol. The summed E-state index contributed by atoms with van der Waals surface area (Å²) in [4.78, 5) is 9.70. The van der Waals surface area contributed by atoms with Crippen LogP contribution in [0.5, 0.6) is 0 Å². The summed E-state index contributed by atoms with van der Waals surface area (Å²) in [6.07, 6.45) is 1.91. The van der Waals surface area contributed by atoms with E-state index in [1.165, 1.54) is 54.6 Å². The number of rotatable bonds is 4. The zero-order chi connectivity index (χ0) is 30.5. The molecule has 0 aliphatic carbocycles. The number of hydrogen-bond donors (Lipinski definition) is 0. The molecule has 2 nitrogen and oxygen atoms in total. The van der Waals surface area contributed by atoms with E-state index in [-0.39, 0.29) is 0 Å². The van der Waals surface area contributed by atoms with Crippen molar-refractivity contribution in [2.45, 2.75) is 0 Å². The highest BCUT2D eigenvalue weighted by Gasteiger charge is 2.17. The Hall–Kier alpha value is -6.12. The van der Waals surface area contributed by atoms with E-state index in [9.17, 15) is 0 Å². The Bertz CT molecular complexity index is 2520. The van der Waals surface area contributed by atoms with Gasteiger partial charge in [0.15, 0.2) is 0 Å². The summed E-state index contributed by atoms with van der Waals surface area (Å²) < 4.78 is 0. The van der Waals surface area contributed by atoms with Crippen LogP contribution in [0, 0.1) is 0 Å². The molecule has 9 rings (SSSR count). The second-order valence-corrected chi connectivity index (χ2v) is 11.8. The summed E-state index contributed by atoms with van der Waals surface area (Å²) >= 11 is 0. The summed E-state index contributed by atoms with van der Waals surface area (Å²) in [7, 11) is 0. The summed E-state index contributed by atoms with van der Waals surface area (Å²) in [5, 5.41) is 8.64. The molecular formula is C44H28N2. The van der Waals surface area contributed by atoms with Crippen LogP contribution in [0.15, 0.2) is 170 Å². The molecular weight excluding hydrogens is 556 g/mol. The summed E-state index contributed by atoms with van der Waals surface area (Å²) in [5.41, 5.74) is 9.91. The lowest BCUT2D eigenvalue weighted by atomic mass is 9.85. The molecule has 0 aliphatic heterocycles. The number of pyridine rings is 2. The van der Waals surface area contributed by atoms with E-state index in [1.54, 1.807) is 0 Å². The number of aromatic nitrogens is 2. The minimum Gasteiger partial charge on any atom is -0.256 e. The molecule has 9 aromatic rings. The maximum Gasteiger partial charge on any atom is 0.0725 e. The SMILES string of the molecule is c1cc(-c2ccc(-c3c4ccccc4c(-c4ccc5ccccc5c4)c4ccccc34)cc2)nc(-c2cnc3ccccc3c2)c1. The van der Waals surface area contributed by atoms with Gasteiger partial charge in [0.1, 0.15) is 0 Å². The van der Waals surface area contributed by atoms with Crippen molar-refractivity contribution in [1.82, 2.24) is 9.97 Å². The van der Waals surface area contributed by atoms with Gasteiger partial charge in [-0.2, -0.15) is 0 Å². The maximum absolute atomic E-state index is 5.05. The fraction of sp³-hybridized carbons (Fsp3) is 0. The van der Waals surface area contributed by atoms with Gasteiger partial charge in [-0.15, -0.1) is 0 Å². The molecule has 7 aromatic carbocycles. The van der Waals surface area contributed by atoms with E-state index in [1.807, 2.05) is 24.4 Å². The van der Waals surface area contributed by atoms with Gasteiger partial charge < -0.3 is 0 Å². The van der Waals surface area contributed by atoms with Crippen molar-refractivity contribution in [2.24, 2.45) is 0 Å². The lowest BCUT2D eigenvalue weighted by Crippen LogP contribution is -1.92. The van der Waals surface area contributed by atoms with Crippen LogP contribution >= 0.6 is 0 Å². The molecule has 0 fully saturated rings. The Labute approximate surface area is 267 Å². The van der Waals surface area contributed by atoms with Gasteiger partial charge in [0.25, 0.3) is 0 Å². The van der Waals surface area contributed by atoms with E-state index in [4.69, 9.17) is 4.98 Å². The smallest absolute Gasteiger partial charge is 0.0725 e. The molecule has 2 heterocycles. The molecule has 0 spiro atoms. The van der Waals surface area contributed by atoms with E-state index < -0.39 is 0 Å². The molecule has 0 aliphatic rings. The number of para-hydroxylation sites is 1. The average Bonchev–Trinajstić information content (AvgIpc) is 3.13. The zero-order valence-electron chi connectivity index (χ0n) is 25.1. The fourth-order valence-corrected chi connectivity index (χ4v) is 6.87. The van der Waals surface area contributed by atoms with Crippen molar-refractivity contribution < 1.29 is 0 Å². The molecule has 2 heteroatoms. The predicted octanol–water partition coefficient (Wildman–Crippen LogP) is 11.8. The lowest BCUT2D eigenvalue weighted by molar-refractivity contribution is 1.30. The van der Waals surface area contributed by atoms with Gasteiger partial charge in [0.05, 0.1) is 16.9 Å². The monoisotopic (exact) mass is 584 g/mol. The van der Waals surface area contributed by atoms with Gasteiger partial charge in [-0.1, -0.05) is 133 Å². The van der Waals surface area contributed by atoms with Gasteiger partial charge in [0.2, 0.25) is 0 Å². The summed E-state index contributed by atoms with van der Waals surface area (Å²) in [5.74, 6) is 0. The minimum absolute atomic E-state index is 0.918. The first-order chi connectivity index (χ1) is 22.8. The zero-order valence-corrected chi connectivity index (χ0v) is 25.1. The Morgan fingerprint density at radius 1 is 0.326 bits per heavy atom.